The Morgan fingerprint density at radius 1 is 1.25 bits per heavy atom. The molecule has 1 amide bonds. The molecule has 0 saturated heterocycles. The van der Waals surface area contributed by atoms with E-state index in [1.165, 1.54) is 12.1 Å². The highest BCUT2D eigenvalue weighted by atomic mass is 33.1. The van der Waals surface area contributed by atoms with Crippen LogP contribution in [0.5, 0.6) is 5.75 Å². The third-order valence-corrected chi connectivity index (χ3v) is 5.20. The first-order valence-electron chi connectivity index (χ1n) is 7.31. The zero-order chi connectivity index (χ0) is 18.0. The van der Waals surface area contributed by atoms with Gasteiger partial charge in [0.15, 0.2) is 0 Å². The summed E-state index contributed by atoms with van der Waals surface area (Å²) in [5.74, 6) is 1.13. The molecule has 0 aliphatic carbocycles. The fourth-order valence-corrected chi connectivity index (χ4v) is 3.83. The number of hydrogen-bond donors (Lipinski definition) is 1. The second kappa shape index (κ2) is 10.7. The second-order valence-electron chi connectivity index (χ2n) is 5.13. The van der Waals surface area contributed by atoms with E-state index < -0.39 is 18.0 Å². The lowest BCUT2D eigenvalue weighted by Gasteiger charge is -2.10. The standard InChI is InChI=1S/C15H21F3N2O2S2/c1-20(2)8-10-24-23-9-4-7-19-14(21)12-5-3-6-13(11-12)22-15(16,17)18/h3,5-6,11H,4,7-10H2,1-2H3,(H,19,21). The summed E-state index contributed by atoms with van der Waals surface area (Å²) in [6.07, 6.45) is -3.97. The third kappa shape index (κ3) is 9.94. The van der Waals surface area contributed by atoms with Gasteiger partial charge in [0.25, 0.3) is 5.91 Å². The molecular weight excluding hydrogens is 361 g/mol. The van der Waals surface area contributed by atoms with Crippen LogP contribution in [0.25, 0.3) is 0 Å². The van der Waals surface area contributed by atoms with Gasteiger partial charge in [-0.05, 0) is 38.7 Å². The van der Waals surface area contributed by atoms with Crippen molar-refractivity contribution < 1.29 is 22.7 Å². The Morgan fingerprint density at radius 2 is 1.96 bits per heavy atom. The molecule has 1 aromatic rings. The Hall–Kier alpha value is -1.06. The minimum Gasteiger partial charge on any atom is -0.406 e. The van der Waals surface area contributed by atoms with Crippen LogP contribution in [-0.2, 0) is 0 Å². The molecule has 136 valence electrons. The maximum Gasteiger partial charge on any atom is 0.573 e. The Balaban J connectivity index is 2.25. The van der Waals surface area contributed by atoms with Crippen LogP contribution in [0.1, 0.15) is 16.8 Å². The lowest BCUT2D eigenvalue weighted by Crippen LogP contribution is -2.25. The van der Waals surface area contributed by atoms with Crippen molar-refractivity contribution in [2.75, 3.05) is 38.7 Å². The van der Waals surface area contributed by atoms with Crippen molar-refractivity contribution in [3.8, 4) is 5.75 Å². The Kier molecular flexibility index (Phi) is 9.38. The Labute approximate surface area is 147 Å². The van der Waals surface area contributed by atoms with E-state index >= 15 is 0 Å². The van der Waals surface area contributed by atoms with Crippen molar-refractivity contribution in [3.63, 3.8) is 0 Å². The first-order chi connectivity index (χ1) is 11.3. The second-order valence-corrected chi connectivity index (χ2v) is 7.83. The number of carbonyl (C=O) groups excluding carboxylic acids is 1. The van der Waals surface area contributed by atoms with Crippen LogP contribution in [0, 0.1) is 0 Å². The van der Waals surface area contributed by atoms with Gasteiger partial charge in [0.2, 0.25) is 0 Å². The van der Waals surface area contributed by atoms with Gasteiger partial charge >= 0.3 is 6.36 Å². The molecule has 0 saturated carbocycles. The summed E-state index contributed by atoms with van der Waals surface area (Å²) in [5, 5.41) is 2.69. The summed E-state index contributed by atoms with van der Waals surface area (Å²) in [6, 6.07) is 5.04. The summed E-state index contributed by atoms with van der Waals surface area (Å²) in [7, 11) is 7.58. The van der Waals surface area contributed by atoms with Crippen LogP contribution in [-0.4, -0.2) is 55.9 Å². The Morgan fingerprint density at radius 3 is 2.62 bits per heavy atom. The number of alkyl halides is 3. The summed E-state index contributed by atoms with van der Waals surface area (Å²) in [4.78, 5) is 14.0. The monoisotopic (exact) mass is 382 g/mol. The number of amides is 1. The van der Waals surface area contributed by atoms with Crippen molar-refractivity contribution in [3.05, 3.63) is 29.8 Å². The van der Waals surface area contributed by atoms with Gasteiger partial charge in [-0.15, -0.1) is 13.2 Å². The molecule has 0 heterocycles. The summed E-state index contributed by atoms with van der Waals surface area (Å²) in [5.41, 5.74) is 0.143. The number of benzene rings is 1. The minimum atomic E-state index is -4.77. The molecule has 0 spiro atoms. The normalized spacial score (nSPS) is 11.6. The highest BCUT2D eigenvalue weighted by molar-refractivity contribution is 8.76. The summed E-state index contributed by atoms with van der Waals surface area (Å²) < 4.78 is 40.3. The van der Waals surface area contributed by atoms with E-state index in [0.29, 0.717) is 6.54 Å². The maximum atomic E-state index is 12.2. The number of nitrogens with one attached hydrogen (secondary N) is 1. The van der Waals surface area contributed by atoms with Crippen LogP contribution in [0.3, 0.4) is 0 Å². The van der Waals surface area contributed by atoms with E-state index in [-0.39, 0.29) is 5.56 Å². The molecule has 1 aromatic carbocycles. The van der Waals surface area contributed by atoms with Gasteiger partial charge in [0, 0.05) is 30.2 Å². The number of carbonyl (C=O) groups is 1. The van der Waals surface area contributed by atoms with Crippen molar-refractivity contribution in [2.45, 2.75) is 12.8 Å². The van der Waals surface area contributed by atoms with Crippen LogP contribution < -0.4 is 10.1 Å². The maximum absolute atomic E-state index is 12.2. The molecule has 0 unspecified atom stereocenters. The molecule has 0 radical (unpaired) electrons. The number of nitrogens with zero attached hydrogens (tertiary/aromatic N) is 1. The molecular formula is C15H21F3N2O2S2. The number of ether oxygens (including phenoxy) is 1. The molecule has 1 N–H and O–H groups in total. The van der Waals surface area contributed by atoms with E-state index in [0.717, 1.165) is 36.6 Å². The lowest BCUT2D eigenvalue weighted by molar-refractivity contribution is -0.274. The molecule has 4 nitrogen and oxygen atoms in total. The van der Waals surface area contributed by atoms with Crippen molar-refractivity contribution >= 4 is 27.5 Å². The van der Waals surface area contributed by atoms with Crippen molar-refractivity contribution in [2.24, 2.45) is 0 Å². The topological polar surface area (TPSA) is 41.6 Å². The van der Waals surface area contributed by atoms with E-state index in [2.05, 4.69) is 15.0 Å². The summed E-state index contributed by atoms with van der Waals surface area (Å²) >= 11 is 0. The number of rotatable bonds is 10. The van der Waals surface area contributed by atoms with Crippen molar-refractivity contribution in [1.82, 2.24) is 10.2 Å². The third-order valence-electron chi connectivity index (χ3n) is 2.72. The molecule has 9 heteroatoms. The largest absolute Gasteiger partial charge is 0.573 e. The first-order valence-corrected chi connectivity index (χ1v) is 9.80. The van der Waals surface area contributed by atoms with Gasteiger partial charge in [0.05, 0.1) is 0 Å². The van der Waals surface area contributed by atoms with E-state index in [1.807, 2.05) is 14.1 Å². The molecule has 0 aromatic heterocycles. The minimum absolute atomic E-state index is 0.143. The van der Waals surface area contributed by atoms with Crippen molar-refractivity contribution in [1.29, 1.82) is 0 Å². The average molecular weight is 382 g/mol. The summed E-state index contributed by atoms with van der Waals surface area (Å²) in [6.45, 7) is 1.50. The quantitative estimate of drug-likeness (QED) is 0.494. The fraction of sp³-hybridized carbons (Fsp3) is 0.533. The highest BCUT2D eigenvalue weighted by Gasteiger charge is 2.31. The van der Waals surface area contributed by atoms with Gasteiger partial charge in [-0.1, -0.05) is 27.7 Å². The fourth-order valence-electron chi connectivity index (χ4n) is 1.61. The van der Waals surface area contributed by atoms with E-state index in [1.54, 1.807) is 21.6 Å². The van der Waals surface area contributed by atoms with Crippen LogP contribution in [0.2, 0.25) is 0 Å². The van der Waals surface area contributed by atoms with Crippen LogP contribution in [0.4, 0.5) is 13.2 Å². The first kappa shape index (κ1) is 21.0. The zero-order valence-electron chi connectivity index (χ0n) is 13.6. The van der Waals surface area contributed by atoms with Gasteiger partial charge < -0.3 is 15.0 Å². The van der Waals surface area contributed by atoms with Gasteiger partial charge in [-0.2, -0.15) is 0 Å². The molecule has 0 aliphatic heterocycles. The molecule has 1 rings (SSSR count). The molecule has 0 bridgehead atoms. The average Bonchev–Trinajstić information content (AvgIpc) is 2.48. The van der Waals surface area contributed by atoms with Crippen LogP contribution >= 0.6 is 21.6 Å². The molecule has 0 atom stereocenters. The zero-order valence-corrected chi connectivity index (χ0v) is 15.2. The van der Waals surface area contributed by atoms with Crippen LogP contribution in [0.15, 0.2) is 24.3 Å². The number of hydrogen-bond acceptors (Lipinski definition) is 5. The molecule has 0 aliphatic rings. The van der Waals surface area contributed by atoms with Gasteiger partial charge in [-0.25, -0.2) is 0 Å². The molecule has 0 fully saturated rings. The smallest absolute Gasteiger partial charge is 0.406 e. The lowest BCUT2D eigenvalue weighted by atomic mass is 10.2. The van der Waals surface area contributed by atoms with Gasteiger partial charge in [-0.3, -0.25) is 4.79 Å². The molecule has 24 heavy (non-hydrogen) atoms. The number of halogens is 3. The predicted molar refractivity (Wildman–Crippen MR) is 93.5 cm³/mol. The SMILES string of the molecule is CN(C)CCSSCCCNC(=O)c1cccc(OC(F)(F)F)c1. The highest BCUT2D eigenvalue weighted by Crippen LogP contribution is 2.23. The Bertz CT molecular complexity index is 514. The predicted octanol–water partition coefficient (Wildman–Crippen LogP) is 3.65. The van der Waals surface area contributed by atoms with Gasteiger partial charge in [0.1, 0.15) is 5.75 Å². The van der Waals surface area contributed by atoms with E-state index in [9.17, 15) is 18.0 Å². The van der Waals surface area contributed by atoms with E-state index in [4.69, 9.17) is 0 Å².